The fourth-order valence-electron chi connectivity index (χ4n) is 7.01. The lowest BCUT2D eigenvalue weighted by molar-refractivity contribution is -0.122. The van der Waals surface area contributed by atoms with E-state index in [4.69, 9.17) is 9.47 Å². The Morgan fingerprint density at radius 2 is 0.902 bits per heavy atom. The molecule has 0 spiro atoms. The van der Waals surface area contributed by atoms with Gasteiger partial charge in [-0.25, -0.2) is 0 Å². The molecule has 1 aliphatic rings. The fourth-order valence-corrected chi connectivity index (χ4v) is 7.01. The standard InChI is InChI=1S/C45H40N2O4/c1-29-11-9-13-37(27-29)50-31(3)43(48)46-35-23-19-33(20-24-35)45(41-17-7-5-15-39(41)40-16-6-8-18-42(40)45)34-21-25-36(26-22-34)47-44(49)32(4)51-38-14-10-12-30(2)28-38/h5-28,31-32H,1-4H3,(H,46,48)(H,47,49)/t31-,32+. The maximum absolute atomic E-state index is 13.1. The monoisotopic (exact) mass is 672 g/mol. The van der Waals surface area contributed by atoms with E-state index in [0.717, 1.165) is 22.3 Å². The fraction of sp³-hybridized carbons (Fsp3) is 0.156. The van der Waals surface area contributed by atoms with E-state index >= 15 is 0 Å². The van der Waals surface area contributed by atoms with Crippen molar-refractivity contribution in [2.45, 2.75) is 45.3 Å². The van der Waals surface area contributed by atoms with Crippen LogP contribution in [0.25, 0.3) is 11.1 Å². The van der Waals surface area contributed by atoms with Crippen LogP contribution in [0.1, 0.15) is 47.2 Å². The number of rotatable bonds is 10. The molecule has 2 amide bonds. The van der Waals surface area contributed by atoms with Crippen molar-refractivity contribution in [2.75, 3.05) is 10.6 Å². The molecule has 0 aliphatic heterocycles. The van der Waals surface area contributed by atoms with E-state index in [1.807, 2.05) is 86.6 Å². The third-order valence-electron chi connectivity index (χ3n) is 9.47. The van der Waals surface area contributed by atoms with Crippen LogP contribution in [0.5, 0.6) is 11.5 Å². The molecule has 0 aromatic heterocycles. The van der Waals surface area contributed by atoms with E-state index in [0.29, 0.717) is 22.9 Å². The van der Waals surface area contributed by atoms with Gasteiger partial charge in [0.1, 0.15) is 11.5 Å². The van der Waals surface area contributed by atoms with Gasteiger partial charge in [0.05, 0.1) is 5.41 Å². The second-order valence-corrected chi connectivity index (χ2v) is 13.1. The number of ether oxygens (including phenoxy) is 2. The summed E-state index contributed by atoms with van der Waals surface area (Å²) in [5, 5.41) is 6.05. The van der Waals surface area contributed by atoms with Gasteiger partial charge >= 0.3 is 0 Å². The summed E-state index contributed by atoms with van der Waals surface area (Å²) in [7, 11) is 0. The number of fused-ring (bicyclic) bond motifs is 3. The van der Waals surface area contributed by atoms with Crippen molar-refractivity contribution >= 4 is 23.2 Å². The van der Waals surface area contributed by atoms with Crippen LogP contribution in [0.15, 0.2) is 146 Å². The molecule has 2 atom stereocenters. The minimum atomic E-state index is -0.678. The number of anilines is 2. The van der Waals surface area contributed by atoms with Gasteiger partial charge in [-0.05, 0) is 121 Å². The molecular formula is C45H40N2O4. The van der Waals surface area contributed by atoms with Gasteiger partial charge in [0.25, 0.3) is 11.8 Å². The van der Waals surface area contributed by atoms with Gasteiger partial charge in [0, 0.05) is 11.4 Å². The van der Waals surface area contributed by atoms with Crippen LogP contribution in [0.2, 0.25) is 0 Å². The number of hydrogen-bond acceptors (Lipinski definition) is 4. The lowest BCUT2D eigenvalue weighted by Crippen LogP contribution is -2.31. The van der Waals surface area contributed by atoms with Crippen LogP contribution >= 0.6 is 0 Å². The normalized spacial score (nSPS) is 13.6. The van der Waals surface area contributed by atoms with Crippen molar-refractivity contribution in [3.05, 3.63) is 179 Å². The summed E-state index contributed by atoms with van der Waals surface area (Å²) in [4.78, 5) is 26.3. The third-order valence-corrected chi connectivity index (χ3v) is 9.47. The predicted molar refractivity (Wildman–Crippen MR) is 204 cm³/mol. The second-order valence-electron chi connectivity index (χ2n) is 13.1. The molecule has 254 valence electrons. The number of carbonyl (C=O) groups excluding carboxylic acids is 2. The zero-order valence-corrected chi connectivity index (χ0v) is 29.1. The Hall–Kier alpha value is -6.14. The SMILES string of the molecule is Cc1cccc(O[C@@H](C)C(=O)Nc2ccc(C3(c4ccc(NC(=O)[C@@H](C)Oc5cccc(C)c5)cc4)c4ccccc4-c4ccccc43)cc2)c1. The predicted octanol–water partition coefficient (Wildman–Crippen LogP) is 9.48. The largest absolute Gasteiger partial charge is 0.481 e. The summed E-state index contributed by atoms with van der Waals surface area (Å²) >= 11 is 0. The van der Waals surface area contributed by atoms with E-state index in [-0.39, 0.29) is 11.8 Å². The molecule has 1 aliphatic carbocycles. The van der Waals surface area contributed by atoms with Crippen molar-refractivity contribution in [1.29, 1.82) is 0 Å². The molecule has 6 aromatic rings. The average molecular weight is 673 g/mol. The van der Waals surface area contributed by atoms with Gasteiger partial charge in [-0.15, -0.1) is 0 Å². The third kappa shape index (κ3) is 6.61. The van der Waals surface area contributed by atoms with Crippen molar-refractivity contribution < 1.29 is 19.1 Å². The molecule has 0 radical (unpaired) electrons. The molecule has 7 rings (SSSR count). The Morgan fingerprint density at radius 3 is 1.29 bits per heavy atom. The molecule has 0 fully saturated rings. The summed E-state index contributed by atoms with van der Waals surface area (Å²) in [6, 6.07) is 48.5. The zero-order chi connectivity index (χ0) is 35.5. The topological polar surface area (TPSA) is 76.7 Å². The highest BCUT2D eigenvalue weighted by Gasteiger charge is 2.45. The average Bonchev–Trinajstić information content (AvgIpc) is 3.43. The molecule has 6 nitrogen and oxygen atoms in total. The van der Waals surface area contributed by atoms with Gasteiger partial charge in [-0.1, -0.05) is 97.1 Å². The molecule has 51 heavy (non-hydrogen) atoms. The van der Waals surface area contributed by atoms with Gasteiger partial charge in [0.2, 0.25) is 0 Å². The molecule has 0 unspecified atom stereocenters. The minimum absolute atomic E-state index is 0.230. The number of benzene rings is 6. The van der Waals surface area contributed by atoms with E-state index < -0.39 is 17.6 Å². The van der Waals surface area contributed by atoms with Crippen LogP contribution in [0, 0.1) is 13.8 Å². The summed E-state index contributed by atoms with van der Waals surface area (Å²) in [5.74, 6) is 0.854. The highest BCUT2D eigenvalue weighted by molar-refractivity contribution is 5.95. The maximum Gasteiger partial charge on any atom is 0.265 e. The maximum atomic E-state index is 13.1. The zero-order valence-electron chi connectivity index (χ0n) is 29.1. The lowest BCUT2D eigenvalue weighted by atomic mass is 9.67. The van der Waals surface area contributed by atoms with Crippen LogP contribution in [0.3, 0.4) is 0 Å². The Balaban J connectivity index is 1.18. The van der Waals surface area contributed by atoms with E-state index in [1.54, 1.807) is 13.8 Å². The molecule has 0 heterocycles. The van der Waals surface area contributed by atoms with Gasteiger partial charge < -0.3 is 20.1 Å². The number of hydrogen-bond donors (Lipinski definition) is 2. The first-order valence-electron chi connectivity index (χ1n) is 17.2. The molecular weight excluding hydrogens is 633 g/mol. The molecule has 6 aromatic carbocycles. The molecule has 2 N–H and O–H groups in total. The van der Waals surface area contributed by atoms with Crippen molar-refractivity contribution in [3.63, 3.8) is 0 Å². The minimum Gasteiger partial charge on any atom is -0.481 e. The van der Waals surface area contributed by atoms with E-state index in [1.165, 1.54) is 22.3 Å². The summed E-state index contributed by atoms with van der Waals surface area (Å²) in [5.41, 5.74) is 9.64. The smallest absolute Gasteiger partial charge is 0.265 e. The number of amides is 2. The Morgan fingerprint density at radius 1 is 0.510 bits per heavy atom. The van der Waals surface area contributed by atoms with Crippen LogP contribution in [-0.4, -0.2) is 24.0 Å². The highest BCUT2D eigenvalue weighted by Crippen LogP contribution is 2.56. The van der Waals surface area contributed by atoms with Crippen molar-refractivity contribution in [1.82, 2.24) is 0 Å². The van der Waals surface area contributed by atoms with Gasteiger partial charge in [0.15, 0.2) is 12.2 Å². The number of aryl methyl sites for hydroxylation is 2. The van der Waals surface area contributed by atoms with Gasteiger partial charge in [-0.3, -0.25) is 9.59 Å². The first kappa shape index (κ1) is 33.4. The van der Waals surface area contributed by atoms with Crippen LogP contribution < -0.4 is 20.1 Å². The van der Waals surface area contributed by atoms with Crippen molar-refractivity contribution in [3.8, 4) is 22.6 Å². The first-order valence-corrected chi connectivity index (χ1v) is 17.2. The van der Waals surface area contributed by atoms with Crippen molar-refractivity contribution in [2.24, 2.45) is 0 Å². The molecule has 0 saturated carbocycles. The molecule has 0 bridgehead atoms. The Bertz CT molecular complexity index is 2050. The second kappa shape index (κ2) is 14.0. The summed E-state index contributed by atoms with van der Waals surface area (Å²) < 4.78 is 11.8. The molecule has 6 heteroatoms. The van der Waals surface area contributed by atoms with E-state index in [2.05, 4.69) is 83.4 Å². The Labute approximate surface area is 299 Å². The van der Waals surface area contributed by atoms with Crippen LogP contribution in [-0.2, 0) is 15.0 Å². The summed E-state index contributed by atoms with van der Waals surface area (Å²) in [6.45, 7) is 7.47. The van der Waals surface area contributed by atoms with Gasteiger partial charge in [-0.2, -0.15) is 0 Å². The summed E-state index contributed by atoms with van der Waals surface area (Å²) in [6.07, 6.45) is -1.36. The molecule has 0 saturated heterocycles. The van der Waals surface area contributed by atoms with E-state index in [9.17, 15) is 9.59 Å². The Kier molecular flexibility index (Phi) is 9.16. The number of carbonyl (C=O) groups is 2. The lowest BCUT2D eigenvalue weighted by Gasteiger charge is -2.34. The quantitative estimate of drug-likeness (QED) is 0.152. The first-order chi connectivity index (χ1) is 24.7. The highest BCUT2D eigenvalue weighted by atomic mass is 16.5. The van der Waals surface area contributed by atoms with Crippen LogP contribution in [0.4, 0.5) is 11.4 Å². The number of nitrogens with one attached hydrogen (secondary N) is 2.